The molecule has 2 N–H and O–H groups in total. The number of carbonyl (C=O) groups excluding carboxylic acids is 1. The highest BCUT2D eigenvalue weighted by molar-refractivity contribution is 7.80. The lowest BCUT2D eigenvalue weighted by molar-refractivity contribution is -0.128. The van der Waals surface area contributed by atoms with Crippen molar-refractivity contribution >= 4 is 23.1 Å². The molecule has 94 valence electrons. The number of nitrogens with zero attached hydrogens (tertiary/aromatic N) is 2. The van der Waals surface area contributed by atoms with E-state index in [-0.39, 0.29) is 5.91 Å². The fourth-order valence-corrected chi connectivity index (χ4v) is 1.47. The Hall–Kier alpha value is -0.680. The van der Waals surface area contributed by atoms with E-state index in [1.807, 2.05) is 0 Å². The van der Waals surface area contributed by atoms with Crippen molar-refractivity contribution in [1.82, 2.24) is 9.80 Å². The normalized spacial score (nSPS) is 10.5. The van der Waals surface area contributed by atoms with Crippen LogP contribution in [0.4, 0.5) is 0 Å². The first-order valence-corrected chi connectivity index (χ1v) is 6.09. The minimum absolute atomic E-state index is 0.186. The van der Waals surface area contributed by atoms with Crippen LogP contribution >= 0.6 is 12.2 Å². The molecule has 0 aromatic carbocycles. The molecule has 0 aliphatic heterocycles. The molecule has 0 fully saturated rings. The molecule has 0 aromatic rings. The maximum absolute atomic E-state index is 11.3. The van der Waals surface area contributed by atoms with Crippen LogP contribution < -0.4 is 5.73 Å². The molecule has 0 spiro atoms. The molecule has 0 rings (SSSR count). The van der Waals surface area contributed by atoms with Crippen molar-refractivity contribution in [2.45, 2.75) is 26.2 Å². The molecule has 0 saturated carbocycles. The molecule has 0 aliphatic carbocycles. The molecular weight excluding hydrogens is 222 g/mol. The predicted octanol–water partition coefficient (Wildman–Crippen LogP) is 0.853. The van der Waals surface area contributed by atoms with Gasteiger partial charge < -0.3 is 15.5 Å². The van der Waals surface area contributed by atoms with Gasteiger partial charge in [0.2, 0.25) is 5.91 Å². The molecule has 0 saturated heterocycles. The van der Waals surface area contributed by atoms with Crippen molar-refractivity contribution in [3.8, 4) is 0 Å². The van der Waals surface area contributed by atoms with E-state index in [1.165, 1.54) is 0 Å². The molecule has 0 aromatic heterocycles. The van der Waals surface area contributed by atoms with Gasteiger partial charge in [-0.05, 0) is 19.5 Å². The molecule has 0 aliphatic rings. The lowest BCUT2D eigenvalue weighted by Gasteiger charge is -2.20. The van der Waals surface area contributed by atoms with Crippen LogP contribution in [0.3, 0.4) is 0 Å². The Morgan fingerprint density at radius 3 is 2.31 bits per heavy atom. The summed E-state index contributed by atoms with van der Waals surface area (Å²) in [5.41, 5.74) is 5.46. The third-order valence-corrected chi connectivity index (χ3v) is 2.69. The van der Waals surface area contributed by atoms with Gasteiger partial charge in [0.05, 0.1) is 4.99 Å². The Morgan fingerprint density at radius 1 is 1.25 bits per heavy atom. The van der Waals surface area contributed by atoms with E-state index in [2.05, 4.69) is 11.8 Å². The molecule has 4 nitrogen and oxygen atoms in total. The Balaban J connectivity index is 3.70. The number of carbonyl (C=O) groups is 1. The molecular formula is C11H23N3OS. The number of nitrogens with two attached hydrogens (primary N) is 1. The van der Waals surface area contributed by atoms with Gasteiger partial charge in [0.15, 0.2) is 0 Å². The summed E-state index contributed by atoms with van der Waals surface area (Å²) in [5, 5.41) is 0. The predicted molar refractivity (Wildman–Crippen MR) is 71.4 cm³/mol. The van der Waals surface area contributed by atoms with Gasteiger partial charge in [-0.1, -0.05) is 19.1 Å². The first-order valence-electron chi connectivity index (χ1n) is 5.68. The second kappa shape index (κ2) is 8.47. The van der Waals surface area contributed by atoms with Crippen molar-refractivity contribution in [3.63, 3.8) is 0 Å². The van der Waals surface area contributed by atoms with Crippen LogP contribution in [0.25, 0.3) is 0 Å². The molecule has 0 heterocycles. The topological polar surface area (TPSA) is 49.6 Å². The number of hydrogen-bond acceptors (Lipinski definition) is 3. The Kier molecular flexibility index (Phi) is 8.11. The SMILES string of the molecule is CCN(CCCC(=O)N(C)C)CCC(N)=S. The number of thiocarbonyl (C=S) groups is 1. The van der Waals surface area contributed by atoms with Crippen LogP contribution in [0, 0.1) is 0 Å². The average molecular weight is 245 g/mol. The summed E-state index contributed by atoms with van der Waals surface area (Å²) in [4.78, 5) is 15.8. The van der Waals surface area contributed by atoms with E-state index < -0.39 is 0 Å². The van der Waals surface area contributed by atoms with Gasteiger partial charge in [-0.15, -0.1) is 0 Å². The number of rotatable bonds is 8. The van der Waals surface area contributed by atoms with Crippen LogP contribution in [0.15, 0.2) is 0 Å². The number of amides is 1. The maximum Gasteiger partial charge on any atom is 0.222 e. The van der Waals surface area contributed by atoms with Crippen molar-refractivity contribution in [1.29, 1.82) is 0 Å². The lowest BCUT2D eigenvalue weighted by atomic mass is 10.2. The second-order valence-corrected chi connectivity index (χ2v) is 4.57. The fourth-order valence-electron chi connectivity index (χ4n) is 1.37. The smallest absolute Gasteiger partial charge is 0.222 e. The van der Waals surface area contributed by atoms with E-state index in [0.29, 0.717) is 11.4 Å². The van der Waals surface area contributed by atoms with Crippen molar-refractivity contribution < 1.29 is 4.79 Å². The van der Waals surface area contributed by atoms with Crippen LogP contribution in [-0.4, -0.2) is 54.4 Å². The molecule has 0 bridgehead atoms. The summed E-state index contributed by atoms with van der Waals surface area (Å²) in [7, 11) is 3.57. The molecule has 0 radical (unpaired) electrons. The maximum atomic E-state index is 11.3. The standard InChI is InChI=1S/C11H23N3OS/c1-4-14(9-7-10(12)16)8-5-6-11(15)13(2)3/h4-9H2,1-3H3,(H2,12,16). The highest BCUT2D eigenvalue weighted by Gasteiger charge is 2.06. The minimum Gasteiger partial charge on any atom is -0.393 e. The van der Waals surface area contributed by atoms with Gasteiger partial charge >= 0.3 is 0 Å². The summed E-state index contributed by atoms with van der Waals surface area (Å²) in [5.74, 6) is 0.186. The van der Waals surface area contributed by atoms with Gasteiger partial charge in [0.25, 0.3) is 0 Å². The Bertz CT molecular complexity index is 231. The van der Waals surface area contributed by atoms with Crippen LogP contribution in [0.2, 0.25) is 0 Å². The van der Waals surface area contributed by atoms with Crippen LogP contribution in [0.1, 0.15) is 26.2 Å². The van der Waals surface area contributed by atoms with Crippen molar-refractivity contribution in [2.24, 2.45) is 5.73 Å². The van der Waals surface area contributed by atoms with E-state index in [4.69, 9.17) is 18.0 Å². The lowest BCUT2D eigenvalue weighted by Crippen LogP contribution is -2.29. The summed E-state index contributed by atoms with van der Waals surface area (Å²) < 4.78 is 0. The Labute approximate surface area is 104 Å². The third-order valence-electron chi connectivity index (χ3n) is 2.49. The fraction of sp³-hybridized carbons (Fsp3) is 0.818. The summed E-state index contributed by atoms with van der Waals surface area (Å²) in [6, 6.07) is 0. The molecule has 0 unspecified atom stereocenters. The van der Waals surface area contributed by atoms with Crippen LogP contribution in [0.5, 0.6) is 0 Å². The molecule has 1 amide bonds. The van der Waals surface area contributed by atoms with E-state index in [9.17, 15) is 4.79 Å². The highest BCUT2D eigenvalue weighted by atomic mass is 32.1. The van der Waals surface area contributed by atoms with Crippen molar-refractivity contribution in [2.75, 3.05) is 33.7 Å². The van der Waals surface area contributed by atoms with Crippen LogP contribution in [-0.2, 0) is 4.79 Å². The summed E-state index contributed by atoms with van der Waals surface area (Å²) >= 11 is 4.84. The Morgan fingerprint density at radius 2 is 1.88 bits per heavy atom. The van der Waals surface area contributed by atoms with Gasteiger partial charge in [0.1, 0.15) is 0 Å². The van der Waals surface area contributed by atoms with Gasteiger partial charge in [-0.3, -0.25) is 4.79 Å². The van der Waals surface area contributed by atoms with Gasteiger partial charge in [-0.2, -0.15) is 0 Å². The highest BCUT2D eigenvalue weighted by Crippen LogP contribution is 1.99. The zero-order valence-electron chi connectivity index (χ0n) is 10.5. The van der Waals surface area contributed by atoms with Gasteiger partial charge in [-0.25, -0.2) is 0 Å². The third kappa shape index (κ3) is 7.59. The molecule has 5 heteroatoms. The first kappa shape index (κ1) is 15.3. The van der Waals surface area contributed by atoms with Gasteiger partial charge in [0, 0.05) is 33.5 Å². The van der Waals surface area contributed by atoms with E-state index >= 15 is 0 Å². The minimum atomic E-state index is 0.186. The zero-order valence-corrected chi connectivity index (χ0v) is 11.3. The first-order chi connectivity index (χ1) is 7.47. The second-order valence-electron chi connectivity index (χ2n) is 4.04. The molecule has 16 heavy (non-hydrogen) atoms. The monoisotopic (exact) mass is 245 g/mol. The quantitative estimate of drug-likeness (QED) is 0.644. The number of hydrogen-bond donors (Lipinski definition) is 1. The van der Waals surface area contributed by atoms with E-state index in [0.717, 1.165) is 32.5 Å². The summed E-state index contributed by atoms with van der Waals surface area (Å²) in [6.07, 6.45) is 2.25. The molecule has 0 atom stereocenters. The van der Waals surface area contributed by atoms with E-state index in [1.54, 1.807) is 19.0 Å². The zero-order chi connectivity index (χ0) is 12.6. The van der Waals surface area contributed by atoms with Crippen molar-refractivity contribution in [3.05, 3.63) is 0 Å². The average Bonchev–Trinajstić information content (AvgIpc) is 2.22. The summed E-state index contributed by atoms with van der Waals surface area (Å²) in [6.45, 7) is 4.90. The largest absolute Gasteiger partial charge is 0.393 e.